The van der Waals surface area contributed by atoms with E-state index in [2.05, 4.69) is 20.5 Å². The van der Waals surface area contributed by atoms with E-state index in [1.54, 1.807) is 0 Å². The van der Waals surface area contributed by atoms with Crippen molar-refractivity contribution >= 4 is 5.91 Å². The molecule has 1 unspecified atom stereocenters. The lowest BCUT2D eigenvalue weighted by molar-refractivity contribution is 0.0926. The zero-order chi connectivity index (χ0) is 14.1. The second-order valence-electron chi connectivity index (χ2n) is 5.51. The molecule has 0 aliphatic heterocycles. The summed E-state index contributed by atoms with van der Waals surface area (Å²) >= 11 is 0. The summed E-state index contributed by atoms with van der Waals surface area (Å²) in [5.41, 5.74) is 2.76. The molecule has 106 valence electrons. The fourth-order valence-electron chi connectivity index (χ4n) is 2.62. The predicted octanol–water partition coefficient (Wildman–Crippen LogP) is 1.81. The largest absolute Gasteiger partial charge is 0.447 e. The maximum Gasteiger partial charge on any atom is 0.273 e. The van der Waals surface area contributed by atoms with E-state index in [0.29, 0.717) is 11.5 Å². The Kier molecular flexibility index (Phi) is 3.30. The molecule has 2 heterocycles. The maximum atomic E-state index is 12.3. The first-order valence-corrected chi connectivity index (χ1v) is 6.90. The Morgan fingerprint density at radius 2 is 2.40 bits per heavy atom. The number of aromatic amines is 1. The third-order valence-corrected chi connectivity index (χ3v) is 3.69. The van der Waals surface area contributed by atoms with Gasteiger partial charge in [-0.15, -0.1) is 0 Å². The Morgan fingerprint density at radius 3 is 3.20 bits per heavy atom. The summed E-state index contributed by atoms with van der Waals surface area (Å²) in [6, 6.07) is 0.118. The molecule has 0 saturated carbocycles. The van der Waals surface area contributed by atoms with Gasteiger partial charge in [0.25, 0.3) is 5.91 Å². The van der Waals surface area contributed by atoms with Gasteiger partial charge in [-0.25, -0.2) is 4.98 Å². The van der Waals surface area contributed by atoms with Crippen LogP contribution in [0.15, 0.2) is 17.0 Å². The Morgan fingerprint density at radius 1 is 1.55 bits per heavy atom. The number of H-pyrrole nitrogens is 1. The monoisotopic (exact) mass is 274 g/mol. The van der Waals surface area contributed by atoms with Crippen LogP contribution in [0, 0.1) is 0 Å². The topological polar surface area (TPSA) is 83.8 Å². The molecule has 1 aliphatic rings. The molecule has 1 amide bonds. The fraction of sp³-hybridized carbons (Fsp3) is 0.500. The lowest BCUT2D eigenvalue weighted by atomic mass is 9.93. The second kappa shape index (κ2) is 5.11. The molecule has 0 aromatic carbocycles. The number of nitrogens with zero attached hydrogens (tertiary/aromatic N) is 2. The number of nitrogens with one attached hydrogen (secondary N) is 2. The molecule has 0 fully saturated rings. The summed E-state index contributed by atoms with van der Waals surface area (Å²) in [5, 5.41) is 10.1. The molecule has 0 spiro atoms. The lowest BCUT2D eigenvalue weighted by Crippen LogP contribution is -2.39. The Balaban J connectivity index is 1.69. The van der Waals surface area contributed by atoms with Crippen LogP contribution in [0.1, 0.15) is 53.7 Å². The third kappa shape index (κ3) is 2.33. The van der Waals surface area contributed by atoms with Crippen LogP contribution >= 0.6 is 0 Å². The zero-order valence-electron chi connectivity index (χ0n) is 11.6. The fourth-order valence-corrected chi connectivity index (χ4v) is 2.62. The molecule has 1 aliphatic carbocycles. The number of aromatic nitrogens is 3. The number of hydrogen-bond acceptors (Lipinski definition) is 4. The van der Waals surface area contributed by atoms with Crippen molar-refractivity contribution < 1.29 is 9.21 Å². The molecule has 6 nitrogen and oxygen atoms in total. The molecule has 20 heavy (non-hydrogen) atoms. The Bertz CT molecular complexity index is 614. The number of carbonyl (C=O) groups is 1. The van der Waals surface area contributed by atoms with Crippen molar-refractivity contribution in [2.75, 3.05) is 0 Å². The van der Waals surface area contributed by atoms with Crippen LogP contribution in [0.2, 0.25) is 0 Å². The predicted molar refractivity (Wildman–Crippen MR) is 72.5 cm³/mol. The number of carbonyl (C=O) groups excluding carboxylic acids is 1. The highest BCUT2D eigenvalue weighted by Crippen LogP contribution is 2.21. The average molecular weight is 274 g/mol. The van der Waals surface area contributed by atoms with Crippen molar-refractivity contribution in [3.8, 4) is 0 Å². The van der Waals surface area contributed by atoms with Crippen molar-refractivity contribution in [2.45, 2.75) is 45.1 Å². The summed E-state index contributed by atoms with van der Waals surface area (Å²) in [6.45, 7) is 3.96. The zero-order valence-corrected chi connectivity index (χ0v) is 11.6. The van der Waals surface area contributed by atoms with Gasteiger partial charge in [0.1, 0.15) is 5.76 Å². The number of hydrogen-bond donors (Lipinski definition) is 2. The van der Waals surface area contributed by atoms with Gasteiger partial charge in [-0.2, -0.15) is 5.10 Å². The highest BCUT2D eigenvalue weighted by atomic mass is 16.3. The van der Waals surface area contributed by atoms with Crippen LogP contribution in [-0.4, -0.2) is 27.1 Å². The molecule has 0 radical (unpaired) electrons. The van der Waals surface area contributed by atoms with Crippen LogP contribution in [0.4, 0.5) is 0 Å². The quantitative estimate of drug-likeness (QED) is 0.894. The van der Waals surface area contributed by atoms with Gasteiger partial charge in [-0.1, -0.05) is 13.8 Å². The normalized spacial score (nSPS) is 18.1. The van der Waals surface area contributed by atoms with Gasteiger partial charge in [0.05, 0.1) is 6.20 Å². The van der Waals surface area contributed by atoms with Crippen molar-refractivity contribution in [2.24, 2.45) is 0 Å². The maximum absolute atomic E-state index is 12.3. The molecule has 6 heteroatoms. The Hall–Kier alpha value is -2.11. The molecule has 3 rings (SSSR count). The van der Waals surface area contributed by atoms with Crippen LogP contribution in [-0.2, 0) is 12.8 Å². The van der Waals surface area contributed by atoms with Crippen molar-refractivity contribution in [3.05, 3.63) is 35.3 Å². The Labute approximate surface area is 117 Å². The summed E-state index contributed by atoms with van der Waals surface area (Å²) in [5.74, 6) is 0.625. The molecule has 2 aromatic heterocycles. The van der Waals surface area contributed by atoms with Crippen molar-refractivity contribution in [1.29, 1.82) is 0 Å². The van der Waals surface area contributed by atoms with E-state index in [0.717, 1.165) is 25.0 Å². The lowest BCUT2D eigenvalue weighted by Gasteiger charge is -2.22. The summed E-state index contributed by atoms with van der Waals surface area (Å²) in [6.07, 6.45) is 5.84. The van der Waals surface area contributed by atoms with E-state index in [4.69, 9.17) is 4.42 Å². The van der Waals surface area contributed by atoms with Gasteiger partial charge in [0.15, 0.2) is 12.1 Å². The number of oxazole rings is 1. The van der Waals surface area contributed by atoms with E-state index < -0.39 is 0 Å². The van der Waals surface area contributed by atoms with Gasteiger partial charge in [-0.3, -0.25) is 9.89 Å². The molecule has 2 N–H and O–H groups in total. The smallest absolute Gasteiger partial charge is 0.273 e. The van der Waals surface area contributed by atoms with E-state index >= 15 is 0 Å². The van der Waals surface area contributed by atoms with Crippen molar-refractivity contribution in [1.82, 2.24) is 20.5 Å². The SMILES string of the molecule is CC(C)c1ocnc1C(=O)NC1CCc2cn[nH]c2C1. The number of aryl methyl sites for hydroxylation is 1. The second-order valence-corrected chi connectivity index (χ2v) is 5.51. The first-order valence-electron chi connectivity index (χ1n) is 6.90. The van der Waals surface area contributed by atoms with Crippen LogP contribution in [0.3, 0.4) is 0 Å². The molecule has 2 aromatic rings. The molecular weight excluding hydrogens is 256 g/mol. The highest BCUT2D eigenvalue weighted by Gasteiger charge is 2.25. The van der Waals surface area contributed by atoms with E-state index in [9.17, 15) is 4.79 Å². The van der Waals surface area contributed by atoms with Crippen LogP contribution < -0.4 is 5.32 Å². The molecule has 0 saturated heterocycles. The van der Waals surface area contributed by atoms with Gasteiger partial charge >= 0.3 is 0 Å². The van der Waals surface area contributed by atoms with E-state index in [1.807, 2.05) is 20.0 Å². The van der Waals surface area contributed by atoms with Crippen LogP contribution in [0.25, 0.3) is 0 Å². The number of amides is 1. The van der Waals surface area contributed by atoms with E-state index in [1.165, 1.54) is 12.0 Å². The minimum atomic E-state index is -0.157. The third-order valence-electron chi connectivity index (χ3n) is 3.69. The molecule has 1 atom stereocenters. The van der Waals surface area contributed by atoms with Gasteiger partial charge < -0.3 is 9.73 Å². The van der Waals surface area contributed by atoms with Gasteiger partial charge in [0, 0.05) is 24.1 Å². The minimum Gasteiger partial charge on any atom is -0.447 e. The minimum absolute atomic E-state index is 0.118. The van der Waals surface area contributed by atoms with Gasteiger partial charge in [0.2, 0.25) is 0 Å². The van der Waals surface area contributed by atoms with Crippen LogP contribution in [0.5, 0.6) is 0 Å². The average Bonchev–Trinajstić information content (AvgIpc) is 3.06. The summed E-state index contributed by atoms with van der Waals surface area (Å²) in [7, 11) is 0. The van der Waals surface area contributed by atoms with E-state index in [-0.39, 0.29) is 17.9 Å². The molecule has 0 bridgehead atoms. The summed E-state index contributed by atoms with van der Waals surface area (Å²) in [4.78, 5) is 16.3. The number of fused-ring (bicyclic) bond motifs is 1. The molecular formula is C14H18N4O2. The van der Waals surface area contributed by atoms with Crippen molar-refractivity contribution in [3.63, 3.8) is 0 Å². The van der Waals surface area contributed by atoms with Gasteiger partial charge in [-0.05, 0) is 18.4 Å². The first-order chi connectivity index (χ1) is 9.65. The standard InChI is InChI=1S/C14H18N4O2/c1-8(2)13-12(15-7-20-13)14(19)17-10-4-3-9-6-16-18-11(9)5-10/h6-8,10H,3-5H2,1-2H3,(H,16,18)(H,17,19). The highest BCUT2D eigenvalue weighted by molar-refractivity contribution is 5.93. The number of rotatable bonds is 3. The first kappa shape index (κ1) is 12.9. The summed E-state index contributed by atoms with van der Waals surface area (Å²) < 4.78 is 5.29.